The van der Waals surface area contributed by atoms with Crippen LogP contribution in [0.1, 0.15) is 22.3 Å². The molecule has 0 saturated carbocycles. The Bertz CT molecular complexity index is 507. The number of hydrogen-bond donors (Lipinski definition) is 1. The lowest BCUT2D eigenvalue weighted by Gasteiger charge is -2.26. The Labute approximate surface area is 113 Å². The molecule has 1 rings (SSSR count). The molecule has 1 atom stereocenters. The van der Waals surface area contributed by atoms with Crippen LogP contribution in [-0.2, 0) is 9.53 Å². The van der Waals surface area contributed by atoms with Gasteiger partial charge in [0, 0.05) is 5.56 Å². The number of benzene rings is 1. The molecule has 1 aromatic carbocycles. The quantitative estimate of drug-likeness (QED) is 0.681. The van der Waals surface area contributed by atoms with E-state index in [1.54, 1.807) is 6.92 Å². The fourth-order valence-corrected chi connectivity index (χ4v) is 1.53. The number of ketones is 1. The summed E-state index contributed by atoms with van der Waals surface area (Å²) in [5.74, 6) is -2.92. The normalized spacial score (nSPS) is 14.5. The molecule has 0 spiro atoms. The first-order valence-electron chi connectivity index (χ1n) is 5.59. The lowest BCUT2D eigenvalue weighted by atomic mass is 9.93. The molecule has 0 aliphatic carbocycles. The second-order valence-electron chi connectivity index (χ2n) is 4.32. The number of carbonyl (C=O) groups excluding carboxylic acids is 2. The molecule has 0 amide bonds. The van der Waals surface area contributed by atoms with Crippen molar-refractivity contribution in [2.24, 2.45) is 0 Å². The molecule has 0 bridgehead atoms. The van der Waals surface area contributed by atoms with Gasteiger partial charge in [-0.3, -0.25) is 4.79 Å². The third-order valence-corrected chi connectivity index (χ3v) is 2.78. The molecule has 20 heavy (non-hydrogen) atoms. The van der Waals surface area contributed by atoms with Crippen LogP contribution in [0.15, 0.2) is 24.3 Å². The first kappa shape index (κ1) is 16.2. The molecule has 0 heterocycles. The summed E-state index contributed by atoms with van der Waals surface area (Å²) in [6, 6.07) is 5.73. The molecule has 0 saturated heterocycles. The highest BCUT2D eigenvalue weighted by atomic mass is 19.4. The fourth-order valence-electron chi connectivity index (χ4n) is 1.53. The maximum absolute atomic E-state index is 12.8. The SMILES string of the molecule is COC(=O)C(O)(CC(=O)c1ccc(C)cc1)C(F)(F)F. The van der Waals surface area contributed by atoms with E-state index in [9.17, 15) is 27.9 Å². The zero-order chi connectivity index (χ0) is 15.6. The predicted octanol–water partition coefficient (Wildman–Crippen LogP) is 2.03. The van der Waals surface area contributed by atoms with E-state index in [2.05, 4.69) is 4.74 Å². The van der Waals surface area contributed by atoms with E-state index in [4.69, 9.17) is 0 Å². The number of rotatable bonds is 4. The summed E-state index contributed by atoms with van der Waals surface area (Å²) in [6.45, 7) is 1.74. The van der Waals surface area contributed by atoms with Crippen LogP contribution in [0.3, 0.4) is 0 Å². The molecular weight excluding hydrogens is 277 g/mol. The summed E-state index contributed by atoms with van der Waals surface area (Å²) in [4.78, 5) is 22.9. The van der Waals surface area contributed by atoms with E-state index >= 15 is 0 Å². The number of ether oxygens (including phenoxy) is 1. The number of hydrogen-bond acceptors (Lipinski definition) is 4. The summed E-state index contributed by atoms with van der Waals surface area (Å²) in [7, 11) is 0.704. The molecule has 0 aliphatic heterocycles. The summed E-state index contributed by atoms with van der Waals surface area (Å²) in [5.41, 5.74) is -3.05. The third kappa shape index (κ3) is 3.16. The van der Waals surface area contributed by atoms with Crippen LogP contribution in [0.2, 0.25) is 0 Å². The Balaban J connectivity index is 3.05. The second-order valence-corrected chi connectivity index (χ2v) is 4.32. The van der Waals surface area contributed by atoms with Gasteiger partial charge in [-0.2, -0.15) is 13.2 Å². The van der Waals surface area contributed by atoms with Crippen molar-refractivity contribution in [3.63, 3.8) is 0 Å². The highest BCUT2D eigenvalue weighted by molar-refractivity contribution is 6.00. The largest absolute Gasteiger partial charge is 0.467 e. The molecule has 1 unspecified atom stereocenters. The maximum atomic E-state index is 12.8. The number of esters is 1. The fraction of sp³-hybridized carbons (Fsp3) is 0.385. The molecule has 0 fully saturated rings. The van der Waals surface area contributed by atoms with Gasteiger partial charge in [0.05, 0.1) is 13.5 Å². The molecule has 0 radical (unpaired) electrons. The van der Waals surface area contributed by atoms with E-state index in [1.807, 2.05) is 0 Å². The van der Waals surface area contributed by atoms with Crippen molar-refractivity contribution in [3.8, 4) is 0 Å². The number of aryl methyl sites for hydroxylation is 1. The Morgan fingerprint density at radius 3 is 2.10 bits per heavy atom. The predicted molar refractivity (Wildman–Crippen MR) is 63.1 cm³/mol. The lowest BCUT2D eigenvalue weighted by molar-refractivity contribution is -0.260. The van der Waals surface area contributed by atoms with Gasteiger partial charge in [0.1, 0.15) is 0 Å². The molecule has 7 heteroatoms. The van der Waals surface area contributed by atoms with Gasteiger partial charge >= 0.3 is 12.1 Å². The molecule has 4 nitrogen and oxygen atoms in total. The van der Waals surface area contributed by atoms with Crippen molar-refractivity contribution in [1.29, 1.82) is 0 Å². The highest BCUT2D eigenvalue weighted by Gasteiger charge is 2.61. The number of Topliss-reactive ketones (excluding diaryl/α,β-unsaturated/α-hetero) is 1. The minimum Gasteiger partial charge on any atom is -0.467 e. The first-order chi connectivity index (χ1) is 9.11. The van der Waals surface area contributed by atoms with Gasteiger partial charge in [-0.15, -0.1) is 0 Å². The Morgan fingerprint density at radius 2 is 1.70 bits per heavy atom. The van der Waals surface area contributed by atoms with E-state index < -0.39 is 30.0 Å². The number of aliphatic hydroxyl groups is 1. The van der Waals surface area contributed by atoms with Crippen molar-refractivity contribution in [3.05, 3.63) is 35.4 Å². The zero-order valence-corrected chi connectivity index (χ0v) is 10.8. The van der Waals surface area contributed by atoms with Gasteiger partial charge in [0.15, 0.2) is 5.78 Å². The molecular formula is C13H13F3O4. The summed E-state index contributed by atoms with van der Waals surface area (Å²) < 4.78 is 42.3. The summed E-state index contributed by atoms with van der Waals surface area (Å²) >= 11 is 0. The van der Waals surface area contributed by atoms with Crippen LogP contribution in [-0.4, -0.2) is 35.7 Å². The van der Waals surface area contributed by atoms with Gasteiger partial charge in [0.2, 0.25) is 0 Å². The van der Waals surface area contributed by atoms with Crippen molar-refractivity contribution in [1.82, 2.24) is 0 Å². The Morgan fingerprint density at radius 1 is 1.20 bits per heavy atom. The molecule has 0 aliphatic rings. The van der Waals surface area contributed by atoms with Crippen LogP contribution in [0, 0.1) is 6.92 Å². The first-order valence-corrected chi connectivity index (χ1v) is 5.59. The number of carbonyl (C=O) groups is 2. The standard InChI is InChI=1S/C13H13F3O4/c1-8-3-5-9(6-4-8)10(17)7-12(19,11(18)20-2)13(14,15)16/h3-6,19H,7H2,1-2H3. The zero-order valence-electron chi connectivity index (χ0n) is 10.8. The summed E-state index contributed by atoms with van der Waals surface area (Å²) in [6.07, 6.45) is -6.73. The van der Waals surface area contributed by atoms with Gasteiger partial charge in [-0.25, -0.2) is 4.79 Å². The van der Waals surface area contributed by atoms with Gasteiger partial charge in [-0.05, 0) is 6.92 Å². The topological polar surface area (TPSA) is 63.6 Å². The van der Waals surface area contributed by atoms with E-state index in [1.165, 1.54) is 24.3 Å². The van der Waals surface area contributed by atoms with Crippen LogP contribution in [0.5, 0.6) is 0 Å². The van der Waals surface area contributed by atoms with Crippen molar-refractivity contribution >= 4 is 11.8 Å². The Hall–Kier alpha value is -1.89. The van der Waals surface area contributed by atoms with E-state index in [-0.39, 0.29) is 5.56 Å². The minimum absolute atomic E-state index is 0.0258. The maximum Gasteiger partial charge on any atom is 0.428 e. The van der Waals surface area contributed by atoms with E-state index in [0.29, 0.717) is 7.11 Å². The molecule has 110 valence electrons. The van der Waals surface area contributed by atoms with Crippen molar-refractivity contribution in [2.45, 2.75) is 25.1 Å². The number of alkyl halides is 3. The average molecular weight is 290 g/mol. The minimum atomic E-state index is -5.31. The van der Waals surface area contributed by atoms with Crippen LogP contribution >= 0.6 is 0 Å². The third-order valence-electron chi connectivity index (χ3n) is 2.78. The van der Waals surface area contributed by atoms with Crippen LogP contribution < -0.4 is 0 Å². The summed E-state index contributed by atoms with van der Waals surface area (Å²) in [5, 5.41) is 9.48. The second kappa shape index (κ2) is 5.62. The van der Waals surface area contributed by atoms with Crippen molar-refractivity contribution < 1.29 is 32.6 Å². The monoisotopic (exact) mass is 290 g/mol. The van der Waals surface area contributed by atoms with Crippen molar-refractivity contribution in [2.75, 3.05) is 7.11 Å². The smallest absolute Gasteiger partial charge is 0.428 e. The highest BCUT2D eigenvalue weighted by Crippen LogP contribution is 2.35. The lowest BCUT2D eigenvalue weighted by Crippen LogP contribution is -2.54. The molecule has 0 aromatic heterocycles. The van der Waals surface area contributed by atoms with Crippen LogP contribution in [0.25, 0.3) is 0 Å². The Kier molecular flexibility index (Phi) is 4.54. The van der Waals surface area contributed by atoms with Gasteiger partial charge < -0.3 is 9.84 Å². The van der Waals surface area contributed by atoms with Gasteiger partial charge in [0.25, 0.3) is 5.60 Å². The molecule has 1 aromatic rings. The van der Waals surface area contributed by atoms with Gasteiger partial charge in [-0.1, -0.05) is 29.8 Å². The molecule has 1 N–H and O–H groups in total. The number of halogens is 3. The number of methoxy groups -OCH3 is 1. The van der Waals surface area contributed by atoms with Crippen LogP contribution in [0.4, 0.5) is 13.2 Å². The average Bonchev–Trinajstić information content (AvgIpc) is 2.36. The van der Waals surface area contributed by atoms with E-state index in [0.717, 1.165) is 5.56 Å².